The largest absolute Gasteiger partial charge is 0.370 e. The highest BCUT2D eigenvalue weighted by Gasteiger charge is 2.30. The van der Waals surface area contributed by atoms with Gasteiger partial charge in [-0.3, -0.25) is 4.90 Å². The molecular weight excluding hydrogens is 286 g/mol. The topological polar surface area (TPSA) is 35.5 Å². The minimum Gasteiger partial charge on any atom is -0.370 e. The summed E-state index contributed by atoms with van der Waals surface area (Å²) in [6.07, 6.45) is 4.91. The second kappa shape index (κ2) is 6.54. The van der Waals surface area contributed by atoms with Crippen LogP contribution in [0.2, 0.25) is 0 Å². The Morgan fingerprint density at radius 1 is 0.783 bits per heavy atom. The maximum atomic E-state index is 4.36. The monoisotopic (exact) mass is 309 g/mol. The van der Waals surface area contributed by atoms with Crippen molar-refractivity contribution < 1.29 is 0 Å². The van der Waals surface area contributed by atoms with Crippen LogP contribution in [0.5, 0.6) is 0 Å². The molecule has 5 heteroatoms. The average Bonchev–Trinajstić information content (AvgIpc) is 3.14. The molecule has 1 aromatic heterocycles. The fraction of sp³-hybridized carbons (Fsp3) is 0.444. The number of rotatable bonds is 3. The molecule has 1 unspecified atom stereocenters. The number of hydrogen-bond donors (Lipinski definition) is 0. The lowest BCUT2D eigenvalue weighted by Crippen LogP contribution is -2.51. The summed E-state index contributed by atoms with van der Waals surface area (Å²) in [4.78, 5) is 16.2. The fourth-order valence-electron chi connectivity index (χ4n) is 3.65. The number of para-hydroxylation sites is 1. The first-order valence-corrected chi connectivity index (χ1v) is 8.46. The molecule has 0 saturated carbocycles. The first-order chi connectivity index (χ1) is 11.4. The van der Waals surface area contributed by atoms with E-state index in [1.54, 1.807) is 0 Å². The second-order valence-corrected chi connectivity index (χ2v) is 6.30. The Morgan fingerprint density at radius 3 is 2.26 bits per heavy atom. The predicted octanol–water partition coefficient (Wildman–Crippen LogP) is 1.88. The van der Waals surface area contributed by atoms with Crippen LogP contribution >= 0.6 is 0 Å². The molecule has 0 amide bonds. The van der Waals surface area contributed by atoms with Gasteiger partial charge in [-0.05, 0) is 24.6 Å². The van der Waals surface area contributed by atoms with Crippen LogP contribution in [-0.4, -0.2) is 60.2 Å². The zero-order valence-corrected chi connectivity index (χ0v) is 13.4. The van der Waals surface area contributed by atoms with E-state index in [9.17, 15) is 0 Å². The van der Waals surface area contributed by atoms with E-state index in [0.29, 0.717) is 6.04 Å². The summed E-state index contributed by atoms with van der Waals surface area (Å²) in [6, 6.07) is 13.3. The van der Waals surface area contributed by atoms with Gasteiger partial charge < -0.3 is 9.80 Å². The fourth-order valence-corrected chi connectivity index (χ4v) is 3.65. The zero-order chi connectivity index (χ0) is 15.5. The molecule has 0 spiro atoms. The normalized spacial score (nSPS) is 22.5. The Balaban J connectivity index is 1.33. The second-order valence-electron chi connectivity index (χ2n) is 6.30. The van der Waals surface area contributed by atoms with Gasteiger partial charge in [0.2, 0.25) is 5.95 Å². The Labute approximate surface area is 137 Å². The maximum absolute atomic E-state index is 4.36. The van der Waals surface area contributed by atoms with Gasteiger partial charge in [0.15, 0.2) is 0 Å². The van der Waals surface area contributed by atoms with E-state index in [1.165, 1.54) is 12.1 Å². The van der Waals surface area contributed by atoms with E-state index in [2.05, 4.69) is 55.0 Å². The smallest absolute Gasteiger partial charge is 0.225 e. The number of hydrogen-bond acceptors (Lipinski definition) is 5. The van der Waals surface area contributed by atoms with Crippen LogP contribution in [0, 0.1) is 0 Å². The minimum atomic E-state index is 0.675. The van der Waals surface area contributed by atoms with Crippen LogP contribution in [-0.2, 0) is 0 Å². The van der Waals surface area contributed by atoms with Crippen molar-refractivity contribution in [2.45, 2.75) is 12.5 Å². The SMILES string of the molecule is c1ccc(N2CCC(N3CCN(c4ncccn4)CC3)C2)cc1. The maximum Gasteiger partial charge on any atom is 0.225 e. The summed E-state index contributed by atoms with van der Waals surface area (Å²) >= 11 is 0. The molecule has 3 heterocycles. The van der Waals surface area contributed by atoms with Crippen molar-refractivity contribution in [2.75, 3.05) is 49.1 Å². The molecule has 2 aliphatic heterocycles. The molecule has 0 radical (unpaired) electrons. The van der Waals surface area contributed by atoms with E-state index >= 15 is 0 Å². The Bertz CT molecular complexity index is 610. The van der Waals surface area contributed by atoms with Crippen LogP contribution in [0.4, 0.5) is 11.6 Å². The zero-order valence-electron chi connectivity index (χ0n) is 13.4. The number of aromatic nitrogens is 2. The number of nitrogens with zero attached hydrogens (tertiary/aromatic N) is 5. The Hall–Kier alpha value is -2.14. The first kappa shape index (κ1) is 14.5. The molecule has 2 aliphatic rings. The summed E-state index contributed by atoms with van der Waals surface area (Å²) in [7, 11) is 0. The summed E-state index contributed by atoms with van der Waals surface area (Å²) in [6.45, 7) is 6.55. The quantitative estimate of drug-likeness (QED) is 0.865. The molecular formula is C18H23N5. The number of anilines is 2. The minimum absolute atomic E-state index is 0.675. The molecule has 5 nitrogen and oxygen atoms in total. The van der Waals surface area contributed by atoms with Crippen molar-refractivity contribution in [1.82, 2.24) is 14.9 Å². The van der Waals surface area contributed by atoms with Crippen molar-refractivity contribution >= 4 is 11.6 Å². The molecule has 2 aromatic rings. The van der Waals surface area contributed by atoms with Crippen molar-refractivity contribution in [3.63, 3.8) is 0 Å². The van der Waals surface area contributed by atoms with Gasteiger partial charge >= 0.3 is 0 Å². The highest BCUT2D eigenvalue weighted by molar-refractivity contribution is 5.47. The molecule has 0 N–H and O–H groups in total. The lowest BCUT2D eigenvalue weighted by atomic mass is 10.2. The summed E-state index contributed by atoms with van der Waals surface area (Å²) in [5.41, 5.74) is 1.35. The van der Waals surface area contributed by atoms with E-state index in [-0.39, 0.29) is 0 Å². The predicted molar refractivity (Wildman–Crippen MR) is 92.9 cm³/mol. The number of benzene rings is 1. The van der Waals surface area contributed by atoms with Gasteiger partial charge in [-0.2, -0.15) is 0 Å². The van der Waals surface area contributed by atoms with Crippen LogP contribution in [0.3, 0.4) is 0 Å². The van der Waals surface area contributed by atoms with Gasteiger partial charge in [-0.1, -0.05) is 18.2 Å². The van der Waals surface area contributed by atoms with Crippen LogP contribution in [0.1, 0.15) is 6.42 Å². The molecule has 23 heavy (non-hydrogen) atoms. The van der Waals surface area contributed by atoms with E-state index in [0.717, 1.165) is 45.2 Å². The average molecular weight is 309 g/mol. The lowest BCUT2D eigenvalue weighted by Gasteiger charge is -2.38. The molecule has 1 aromatic carbocycles. The third-order valence-corrected chi connectivity index (χ3v) is 4.95. The summed E-state index contributed by atoms with van der Waals surface area (Å²) < 4.78 is 0. The number of piperazine rings is 1. The lowest BCUT2D eigenvalue weighted by molar-refractivity contribution is 0.197. The van der Waals surface area contributed by atoms with Crippen molar-refractivity contribution in [2.24, 2.45) is 0 Å². The molecule has 1 atom stereocenters. The van der Waals surface area contributed by atoms with Crippen LogP contribution in [0.25, 0.3) is 0 Å². The standard InChI is InChI=1S/C18H23N5/c1-2-5-16(6-3-1)23-10-7-17(15-23)21-11-13-22(14-12-21)18-19-8-4-9-20-18/h1-6,8-9,17H,7,10-15H2. The summed E-state index contributed by atoms with van der Waals surface area (Å²) in [5.74, 6) is 0.865. The first-order valence-electron chi connectivity index (χ1n) is 8.46. The Morgan fingerprint density at radius 2 is 1.52 bits per heavy atom. The van der Waals surface area contributed by atoms with Gasteiger partial charge in [0.1, 0.15) is 0 Å². The van der Waals surface area contributed by atoms with Gasteiger partial charge in [0.05, 0.1) is 0 Å². The van der Waals surface area contributed by atoms with Crippen LogP contribution < -0.4 is 9.80 Å². The van der Waals surface area contributed by atoms with Crippen molar-refractivity contribution in [3.05, 3.63) is 48.8 Å². The van der Waals surface area contributed by atoms with Gasteiger partial charge in [-0.25, -0.2) is 9.97 Å². The van der Waals surface area contributed by atoms with Gasteiger partial charge in [0, 0.05) is 63.4 Å². The van der Waals surface area contributed by atoms with Crippen molar-refractivity contribution in [3.8, 4) is 0 Å². The molecule has 0 bridgehead atoms. The highest BCUT2D eigenvalue weighted by Crippen LogP contribution is 2.23. The Kier molecular flexibility index (Phi) is 4.11. The van der Waals surface area contributed by atoms with Gasteiger partial charge in [-0.15, -0.1) is 0 Å². The van der Waals surface area contributed by atoms with Gasteiger partial charge in [0.25, 0.3) is 0 Å². The third kappa shape index (κ3) is 3.15. The third-order valence-electron chi connectivity index (χ3n) is 4.95. The van der Waals surface area contributed by atoms with E-state index in [4.69, 9.17) is 0 Å². The molecule has 0 aliphatic carbocycles. The van der Waals surface area contributed by atoms with Crippen molar-refractivity contribution in [1.29, 1.82) is 0 Å². The van der Waals surface area contributed by atoms with Crippen LogP contribution in [0.15, 0.2) is 48.8 Å². The highest BCUT2D eigenvalue weighted by atomic mass is 15.3. The molecule has 4 rings (SSSR count). The molecule has 120 valence electrons. The van der Waals surface area contributed by atoms with E-state index in [1.807, 2.05) is 18.5 Å². The summed E-state index contributed by atoms with van der Waals surface area (Å²) in [5, 5.41) is 0. The molecule has 2 fully saturated rings. The van der Waals surface area contributed by atoms with E-state index < -0.39 is 0 Å². The molecule has 2 saturated heterocycles.